The number of aliphatic hydroxyl groups is 1. The molecule has 0 aliphatic heterocycles. The number of nitrogens with one attached hydrogen (secondary N) is 1. The molecular weight excluding hydrogens is 270 g/mol. The maximum absolute atomic E-state index is 12.0. The number of carbonyl (C=O) groups excluding carboxylic acids is 1. The number of carbonyl (C=O) groups is 1. The zero-order valence-electron chi connectivity index (χ0n) is 11.0. The van der Waals surface area contributed by atoms with Crippen molar-refractivity contribution in [2.24, 2.45) is 5.92 Å². The van der Waals surface area contributed by atoms with Crippen LogP contribution in [0.3, 0.4) is 0 Å². The Bertz CT molecular complexity index is 567. The van der Waals surface area contributed by atoms with Gasteiger partial charge in [-0.25, -0.2) is 0 Å². The van der Waals surface area contributed by atoms with Gasteiger partial charge in [-0.15, -0.1) is 0 Å². The van der Waals surface area contributed by atoms with Crippen molar-refractivity contribution >= 4 is 17.2 Å². The van der Waals surface area contributed by atoms with Gasteiger partial charge >= 0.3 is 0 Å². The molecule has 1 saturated carbocycles. The second-order valence-electron chi connectivity index (χ2n) is 5.18. The van der Waals surface area contributed by atoms with E-state index >= 15 is 0 Å². The summed E-state index contributed by atoms with van der Waals surface area (Å²) in [6.45, 7) is 0.285. The molecule has 2 N–H and O–H groups in total. The van der Waals surface area contributed by atoms with Crippen LogP contribution in [0.2, 0.25) is 0 Å². The van der Waals surface area contributed by atoms with E-state index in [1.54, 1.807) is 11.3 Å². The molecule has 0 radical (unpaired) electrons. The molecular formula is C16H17NO2S. The van der Waals surface area contributed by atoms with Crippen LogP contribution in [0, 0.1) is 5.92 Å². The van der Waals surface area contributed by atoms with Crippen LogP contribution in [0.4, 0.5) is 0 Å². The normalized spacial score (nSPS) is 22.2. The first-order valence-electron chi connectivity index (χ1n) is 6.78. The highest BCUT2D eigenvalue weighted by Gasteiger charge is 2.43. The van der Waals surface area contributed by atoms with Gasteiger partial charge < -0.3 is 10.4 Å². The van der Waals surface area contributed by atoms with Gasteiger partial charge in [0.25, 0.3) is 0 Å². The van der Waals surface area contributed by atoms with Crippen LogP contribution in [0.1, 0.15) is 29.6 Å². The fraction of sp³-hybridized carbons (Fsp3) is 0.312. The summed E-state index contributed by atoms with van der Waals surface area (Å²) < 4.78 is 0. The first-order valence-corrected chi connectivity index (χ1v) is 7.73. The Kier molecular flexibility index (Phi) is 3.85. The van der Waals surface area contributed by atoms with Crippen LogP contribution in [0.15, 0.2) is 47.2 Å². The summed E-state index contributed by atoms with van der Waals surface area (Å²) in [7, 11) is 0. The van der Waals surface area contributed by atoms with E-state index in [0.717, 1.165) is 12.0 Å². The van der Waals surface area contributed by atoms with Crippen LogP contribution in [0.5, 0.6) is 0 Å². The van der Waals surface area contributed by atoms with Crippen molar-refractivity contribution in [2.75, 3.05) is 6.54 Å². The van der Waals surface area contributed by atoms with Crippen LogP contribution < -0.4 is 5.32 Å². The Morgan fingerprint density at radius 1 is 1.35 bits per heavy atom. The summed E-state index contributed by atoms with van der Waals surface area (Å²) in [4.78, 5) is 12.0. The lowest BCUT2D eigenvalue weighted by Gasteiger charge is -2.10. The van der Waals surface area contributed by atoms with Gasteiger partial charge in [0.1, 0.15) is 0 Å². The Labute approximate surface area is 122 Å². The van der Waals surface area contributed by atoms with E-state index in [4.69, 9.17) is 0 Å². The van der Waals surface area contributed by atoms with Gasteiger partial charge in [-0.3, -0.25) is 4.79 Å². The fourth-order valence-electron chi connectivity index (χ4n) is 2.46. The molecule has 1 amide bonds. The first kappa shape index (κ1) is 13.3. The molecule has 1 heterocycles. The van der Waals surface area contributed by atoms with Crippen molar-refractivity contribution in [3.8, 4) is 0 Å². The van der Waals surface area contributed by atoms with E-state index in [9.17, 15) is 9.90 Å². The highest BCUT2D eigenvalue weighted by atomic mass is 32.1. The summed E-state index contributed by atoms with van der Waals surface area (Å²) >= 11 is 1.55. The van der Waals surface area contributed by atoms with Gasteiger partial charge in [0.15, 0.2) is 0 Å². The van der Waals surface area contributed by atoms with Gasteiger partial charge in [-0.1, -0.05) is 30.3 Å². The number of hydrogen-bond donors (Lipinski definition) is 2. The lowest BCUT2D eigenvalue weighted by molar-refractivity contribution is -0.122. The van der Waals surface area contributed by atoms with Gasteiger partial charge in [-0.2, -0.15) is 11.3 Å². The van der Waals surface area contributed by atoms with E-state index in [-0.39, 0.29) is 18.4 Å². The smallest absolute Gasteiger partial charge is 0.223 e. The predicted molar refractivity (Wildman–Crippen MR) is 79.6 cm³/mol. The number of aliphatic hydroxyl groups excluding tert-OH is 1. The summed E-state index contributed by atoms with van der Waals surface area (Å²) in [5, 5.41) is 16.6. The molecule has 1 aliphatic carbocycles. The molecule has 3 nitrogen and oxygen atoms in total. The number of benzene rings is 1. The Balaban J connectivity index is 1.49. The molecule has 1 fully saturated rings. The SMILES string of the molecule is O=C(NCC(O)c1ccsc1)C1CC1c1ccccc1. The number of rotatable bonds is 5. The lowest BCUT2D eigenvalue weighted by Crippen LogP contribution is -2.29. The second kappa shape index (κ2) is 5.77. The largest absolute Gasteiger partial charge is 0.387 e. The number of thiophene rings is 1. The fourth-order valence-corrected chi connectivity index (χ4v) is 3.17. The summed E-state index contributed by atoms with van der Waals surface area (Å²) in [5.41, 5.74) is 2.09. The van der Waals surface area contributed by atoms with Crippen LogP contribution >= 0.6 is 11.3 Å². The average molecular weight is 287 g/mol. The van der Waals surface area contributed by atoms with Crippen molar-refractivity contribution in [1.82, 2.24) is 5.32 Å². The predicted octanol–water partition coefficient (Wildman–Crippen LogP) is 2.70. The minimum atomic E-state index is -0.612. The van der Waals surface area contributed by atoms with Crippen molar-refractivity contribution in [2.45, 2.75) is 18.4 Å². The van der Waals surface area contributed by atoms with Gasteiger partial charge in [0.2, 0.25) is 5.91 Å². The van der Waals surface area contributed by atoms with E-state index < -0.39 is 6.10 Å². The third-order valence-corrected chi connectivity index (χ3v) is 4.45. The zero-order chi connectivity index (χ0) is 13.9. The zero-order valence-corrected chi connectivity index (χ0v) is 11.8. The number of amides is 1. The average Bonchev–Trinajstić information content (AvgIpc) is 3.10. The summed E-state index contributed by atoms with van der Waals surface area (Å²) in [6, 6.07) is 12.0. The third-order valence-electron chi connectivity index (χ3n) is 3.75. The van der Waals surface area contributed by atoms with Crippen LogP contribution in [0.25, 0.3) is 0 Å². The van der Waals surface area contributed by atoms with Gasteiger partial charge in [-0.05, 0) is 40.3 Å². The van der Waals surface area contributed by atoms with E-state index in [0.29, 0.717) is 5.92 Å². The molecule has 0 spiro atoms. The van der Waals surface area contributed by atoms with Gasteiger partial charge in [0.05, 0.1) is 6.10 Å². The van der Waals surface area contributed by atoms with E-state index in [1.807, 2.05) is 35.0 Å². The van der Waals surface area contributed by atoms with Crippen molar-refractivity contribution in [1.29, 1.82) is 0 Å². The quantitative estimate of drug-likeness (QED) is 0.888. The molecule has 4 heteroatoms. The van der Waals surface area contributed by atoms with Gasteiger partial charge in [0, 0.05) is 12.5 Å². The minimum absolute atomic E-state index is 0.0492. The molecule has 1 aromatic heterocycles. The molecule has 0 saturated heterocycles. The molecule has 20 heavy (non-hydrogen) atoms. The Hall–Kier alpha value is -1.65. The lowest BCUT2D eigenvalue weighted by atomic mass is 10.1. The summed E-state index contributed by atoms with van der Waals surface area (Å²) in [5.74, 6) is 0.453. The Morgan fingerprint density at radius 3 is 2.85 bits per heavy atom. The standard InChI is InChI=1S/C16H17NO2S/c18-15(12-6-7-20-10-12)9-17-16(19)14-8-13(14)11-4-2-1-3-5-11/h1-7,10,13-15,18H,8-9H2,(H,17,19). The summed E-state index contributed by atoms with van der Waals surface area (Å²) in [6.07, 6.45) is 0.295. The molecule has 3 unspecified atom stereocenters. The highest BCUT2D eigenvalue weighted by molar-refractivity contribution is 7.07. The van der Waals surface area contributed by atoms with Crippen LogP contribution in [-0.2, 0) is 4.79 Å². The molecule has 2 aromatic rings. The third kappa shape index (κ3) is 2.92. The topological polar surface area (TPSA) is 49.3 Å². The highest BCUT2D eigenvalue weighted by Crippen LogP contribution is 2.47. The molecule has 1 aliphatic rings. The first-order chi connectivity index (χ1) is 9.75. The van der Waals surface area contributed by atoms with Crippen LogP contribution in [-0.4, -0.2) is 17.6 Å². The molecule has 1 aromatic carbocycles. The van der Waals surface area contributed by atoms with Crippen molar-refractivity contribution in [3.63, 3.8) is 0 Å². The maximum atomic E-state index is 12.0. The minimum Gasteiger partial charge on any atom is -0.387 e. The molecule has 3 atom stereocenters. The molecule has 104 valence electrons. The second-order valence-corrected chi connectivity index (χ2v) is 5.96. The van der Waals surface area contributed by atoms with Crippen molar-refractivity contribution in [3.05, 3.63) is 58.3 Å². The molecule has 0 bridgehead atoms. The maximum Gasteiger partial charge on any atom is 0.223 e. The van der Waals surface area contributed by atoms with E-state index in [2.05, 4.69) is 17.4 Å². The Morgan fingerprint density at radius 2 is 2.15 bits per heavy atom. The van der Waals surface area contributed by atoms with Crippen molar-refractivity contribution < 1.29 is 9.90 Å². The monoisotopic (exact) mass is 287 g/mol. The number of hydrogen-bond acceptors (Lipinski definition) is 3. The molecule has 3 rings (SSSR count). The van der Waals surface area contributed by atoms with E-state index in [1.165, 1.54) is 5.56 Å².